The normalized spacial score (nSPS) is 15.1. The van der Waals surface area contributed by atoms with Crippen LogP contribution in [0.4, 0.5) is 4.79 Å². The van der Waals surface area contributed by atoms with Gasteiger partial charge in [0.15, 0.2) is 0 Å². The second kappa shape index (κ2) is 10.8. The van der Waals surface area contributed by atoms with Crippen molar-refractivity contribution in [3.8, 4) is 6.07 Å². The summed E-state index contributed by atoms with van der Waals surface area (Å²) in [5, 5.41) is 19.8. The summed E-state index contributed by atoms with van der Waals surface area (Å²) in [6.45, 7) is 5.98. The van der Waals surface area contributed by atoms with Crippen LogP contribution in [-0.4, -0.2) is 82.7 Å². The molecular formula is C24H32N5O3P. The van der Waals surface area contributed by atoms with Gasteiger partial charge in [-0.2, -0.15) is 0 Å². The van der Waals surface area contributed by atoms with Gasteiger partial charge in [0.2, 0.25) is 0 Å². The molecule has 0 aliphatic carbocycles. The number of fused-ring (bicyclic) bond motifs is 1. The molecule has 2 amide bonds. The van der Waals surface area contributed by atoms with Crippen LogP contribution in [-0.2, 0) is 24.3 Å². The van der Waals surface area contributed by atoms with Crippen molar-refractivity contribution < 1.29 is 14.7 Å². The first-order valence-electron chi connectivity index (χ1n) is 11.0. The summed E-state index contributed by atoms with van der Waals surface area (Å²) in [4.78, 5) is 33.0. The fourth-order valence-electron chi connectivity index (χ4n) is 4.00. The Kier molecular flexibility index (Phi) is 8.15. The number of hydrogen-bond donors (Lipinski definition) is 1. The summed E-state index contributed by atoms with van der Waals surface area (Å²) in [6, 6.07) is 14.3. The minimum atomic E-state index is -2.73. The Hall–Kier alpha value is -2.85. The molecule has 0 saturated carbocycles. The molecule has 2 heterocycles. The van der Waals surface area contributed by atoms with Crippen LogP contribution in [0, 0.1) is 11.3 Å². The third-order valence-corrected chi connectivity index (χ3v) is 8.31. The second-order valence-electron chi connectivity index (χ2n) is 9.08. The van der Waals surface area contributed by atoms with Crippen molar-refractivity contribution >= 4 is 19.5 Å². The zero-order valence-corrected chi connectivity index (χ0v) is 20.4. The average molecular weight is 470 g/mol. The molecule has 1 aliphatic heterocycles. The molecule has 8 nitrogen and oxygen atoms in total. The predicted molar refractivity (Wildman–Crippen MR) is 131 cm³/mol. The van der Waals surface area contributed by atoms with E-state index in [1.54, 1.807) is 37.2 Å². The van der Waals surface area contributed by atoms with E-state index in [0.29, 0.717) is 17.8 Å². The zero-order chi connectivity index (χ0) is 24.0. The first kappa shape index (κ1) is 24.8. The van der Waals surface area contributed by atoms with E-state index < -0.39 is 13.5 Å². The maximum atomic E-state index is 13.3. The number of aliphatic hydroxyl groups is 1. The molecule has 1 aliphatic rings. The third-order valence-electron chi connectivity index (χ3n) is 5.97. The van der Waals surface area contributed by atoms with E-state index in [1.807, 2.05) is 18.2 Å². The van der Waals surface area contributed by atoms with Gasteiger partial charge in [-0.05, 0) is 0 Å². The number of aliphatic hydroxyl groups excluding tert-OH is 1. The summed E-state index contributed by atoms with van der Waals surface area (Å²) in [7, 11) is -1.08. The molecule has 0 saturated heterocycles. The van der Waals surface area contributed by atoms with Crippen LogP contribution in [0.3, 0.4) is 0 Å². The molecule has 1 aromatic heterocycles. The average Bonchev–Trinajstić information content (AvgIpc) is 2.82. The van der Waals surface area contributed by atoms with Gasteiger partial charge in [0.05, 0.1) is 0 Å². The van der Waals surface area contributed by atoms with Crippen LogP contribution >= 0.6 is 7.41 Å². The first-order chi connectivity index (χ1) is 15.7. The molecule has 1 N–H and O–H groups in total. The monoisotopic (exact) mass is 469 g/mol. The van der Waals surface area contributed by atoms with E-state index >= 15 is 0 Å². The number of pyridine rings is 1. The number of nitrogens with zero attached hydrogens (tertiary/aromatic N) is 5. The summed E-state index contributed by atoms with van der Waals surface area (Å²) < 4.78 is 1.55. The van der Waals surface area contributed by atoms with Crippen molar-refractivity contribution in [2.45, 2.75) is 25.6 Å². The number of nitriles is 1. The van der Waals surface area contributed by atoms with Crippen molar-refractivity contribution in [3.63, 3.8) is 0 Å². The predicted octanol–water partition coefficient (Wildman–Crippen LogP) is 2.34. The van der Waals surface area contributed by atoms with Gasteiger partial charge in [-0.3, -0.25) is 0 Å². The Morgan fingerprint density at radius 3 is 2.67 bits per heavy atom. The van der Waals surface area contributed by atoms with E-state index in [0.717, 1.165) is 25.5 Å². The number of aromatic nitrogens is 1. The molecule has 0 radical (unpaired) electrons. The van der Waals surface area contributed by atoms with Crippen LogP contribution in [0.1, 0.15) is 22.4 Å². The fourth-order valence-corrected chi connectivity index (χ4v) is 5.47. The third kappa shape index (κ3) is 6.35. The summed E-state index contributed by atoms with van der Waals surface area (Å²) in [5.74, 6) is 0. The van der Waals surface area contributed by atoms with Crippen LogP contribution < -0.4 is 0 Å². The Bertz CT molecular complexity index is 1020. The van der Waals surface area contributed by atoms with Crippen LogP contribution in [0.15, 0.2) is 42.6 Å². The number of rotatable bonds is 8. The summed E-state index contributed by atoms with van der Waals surface area (Å²) >= 11 is 0. The molecule has 33 heavy (non-hydrogen) atoms. The first-order valence-corrected chi connectivity index (χ1v) is 14.1. The fraction of sp³-hybridized carbons (Fsp3) is 0.417. The van der Waals surface area contributed by atoms with E-state index in [1.165, 1.54) is 22.2 Å². The molecule has 2 aromatic rings. The van der Waals surface area contributed by atoms with Crippen molar-refractivity contribution in [3.05, 3.63) is 65.0 Å². The Morgan fingerprint density at radius 2 is 2.03 bits per heavy atom. The van der Waals surface area contributed by atoms with E-state index in [-0.39, 0.29) is 19.1 Å². The molecular weight excluding hydrogens is 437 g/mol. The van der Waals surface area contributed by atoms with Gasteiger partial charge < -0.3 is 0 Å². The van der Waals surface area contributed by atoms with Gasteiger partial charge >= 0.3 is 196 Å². The number of benzene rings is 1. The summed E-state index contributed by atoms with van der Waals surface area (Å²) in [6.07, 6.45) is 1.63. The maximum absolute atomic E-state index is 13.3. The van der Waals surface area contributed by atoms with Crippen molar-refractivity contribution in [1.29, 1.82) is 5.26 Å². The SMILES string of the molecule is CN(Cc1ccc(C#N)cn1)C(=O)N(CC(O)CN1CCc2ccccc2C1)[PH](C)(C)C=O. The van der Waals surface area contributed by atoms with Crippen molar-refractivity contribution in [2.75, 3.05) is 40.0 Å². The second-order valence-corrected chi connectivity index (χ2v) is 13.2. The van der Waals surface area contributed by atoms with Crippen LogP contribution in [0.25, 0.3) is 0 Å². The number of carbonyl (C=O) groups is 2. The van der Waals surface area contributed by atoms with E-state index in [2.05, 4.69) is 22.0 Å². The van der Waals surface area contributed by atoms with Gasteiger partial charge in [-0.1, -0.05) is 0 Å². The number of hydrogen-bond acceptors (Lipinski definition) is 6. The molecule has 0 bridgehead atoms. The van der Waals surface area contributed by atoms with Crippen LogP contribution in [0.2, 0.25) is 0 Å². The van der Waals surface area contributed by atoms with Crippen LogP contribution in [0.5, 0.6) is 0 Å². The molecule has 0 spiro atoms. The van der Waals surface area contributed by atoms with Gasteiger partial charge in [0.1, 0.15) is 0 Å². The molecule has 0 fully saturated rings. The number of amides is 2. The summed E-state index contributed by atoms with van der Waals surface area (Å²) in [5.41, 5.74) is 3.70. The molecule has 1 aromatic carbocycles. The molecule has 3 rings (SSSR count). The molecule has 176 valence electrons. The van der Waals surface area contributed by atoms with E-state index in [9.17, 15) is 14.7 Å². The van der Waals surface area contributed by atoms with Gasteiger partial charge in [-0.25, -0.2) is 0 Å². The van der Waals surface area contributed by atoms with Crippen molar-refractivity contribution in [2.24, 2.45) is 0 Å². The minimum absolute atomic E-state index is 0.0973. The Balaban J connectivity index is 1.65. The van der Waals surface area contributed by atoms with Gasteiger partial charge in [-0.15, -0.1) is 0 Å². The standard InChI is InChI=1S/C24H32N5O3P/c1-27(15-22-9-8-19(12-25)13-26-22)24(32)29(33(2,3)18-30)17-23(31)16-28-11-10-20-6-4-5-7-21(20)14-28/h4-9,13,18,23,31,33H,10-11,14-17H2,1-3H3. The Morgan fingerprint density at radius 1 is 1.30 bits per heavy atom. The van der Waals surface area contributed by atoms with Gasteiger partial charge in [0, 0.05) is 0 Å². The van der Waals surface area contributed by atoms with Gasteiger partial charge in [0.25, 0.3) is 0 Å². The molecule has 1 unspecified atom stereocenters. The quantitative estimate of drug-likeness (QED) is 0.471. The number of urea groups is 1. The Labute approximate surface area is 195 Å². The molecule has 9 heteroatoms. The van der Waals surface area contributed by atoms with E-state index in [4.69, 9.17) is 5.26 Å². The number of carbonyl (C=O) groups excluding carboxylic acids is 2. The van der Waals surface area contributed by atoms with Crippen molar-refractivity contribution in [1.82, 2.24) is 19.5 Å². The topological polar surface area (TPSA) is 101 Å². The molecule has 1 atom stereocenters. The number of β-amino-alcohol motifs (C(OH)–C–C–N with tert-alkyl or cyclic N) is 1. The zero-order valence-electron chi connectivity index (χ0n) is 19.4.